The second kappa shape index (κ2) is 6.18. The summed E-state index contributed by atoms with van der Waals surface area (Å²) in [5.41, 5.74) is 3.20. The Labute approximate surface area is 125 Å². The van der Waals surface area contributed by atoms with Gasteiger partial charge in [-0.15, -0.1) is 0 Å². The zero-order valence-electron chi connectivity index (χ0n) is 13.3. The van der Waals surface area contributed by atoms with Gasteiger partial charge in [-0.05, 0) is 39.0 Å². The Morgan fingerprint density at radius 3 is 2.48 bits per heavy atom. The van der Waals surface area contributed by atoms with E-state index in [4.69, 9.17) is 9.47 Å². The summed E-state index contributed by atoms with van der Waals surface area (Å²) in [6.45, 7) is 7.18. The van der Waals surface area contributed by atoms with Gasteiger partial charge in [0, 0.05) is 23.2 Å². The smallest absolute Gasteiger partial charge is 0.161 e. The van der Waals surface area contributed by atoms with Crippen LogP contribution in [0.15, 0.2) is 24.4 Å². The van der Waals surface area contributed by atoms with Crippen LogP contribution < -0.4 is 14.8 Å². The van der Waals surface area contributed by atoms with E-state index >= 15 is 0 Å². The lowest BCUT2D eigenvalue weighted by Crippen LogP contribution is -2.35. The number of hydrogen-bond donors (Lipinski definition) is 2. The van der Waals surface area contributed by atoms with Gasteiger partial charge in [-0.2, -0.15) is 5.10 Å². The van der Waals surface area contributed by atoms with E-state index in [0.717, 1.165) is 29.1 Å². The van der Waals surface area contributed by atoms with Crippen LogP contribution in [0.2, 0.25) is 0 Å². The summed E-state index contributed by atoms with van der Waals surface area (Å²) in [6.07, 6.45) is 1.85. The number of nitrogens with zero attached hydrogens (tertiary/aromatic N) is 1. The van der Waals surface area contributed by atoms with Gasteiger partial charge in [-0.1, -0.05) is 0 Å². The molecule has 2 N–H and O–H groups in total. The minimum atomic E-state index is 0.0616. The third-order valence-electron chi connectivity index (χ3n) is 3.20. The van der Waals surface area contributed by atoms with Gasteiger partial charge in [0.15, 0.2) is 11.5 Å². The molecule has 0 aliphatic rings. The topological polar surface area (TPSA) is 59.2 Å². The maximum Gasteiger partial charge on any atom is 0.161 e. The first kappa shape index (κ1) is 15.4. The molecule has 1 heterocycles. The van der Waals surface area contributed by atoms with Crippen molar-refractivity contribution in [2.75, 3.05) is 14.2 Å². The van der Waals surface area contributed by atoms with Gasteiger partial charge >= 0.3 is 0 Å². The van der Waals surface area contributed by atoms with Crippen LogP contribution >= 0.6 is 0 Å². The zero-order chi connectivity index (χ0) is 15.5. The van der Waals surface area contributed by atoms with Crippen molar-refractivity contribution in [3.05, 3.63) is 30.0 Å². The number of rotatable bonds is 5. The third-order valence-corrected chi connectivity index (χ3v) is 3.20. The van der Waals surface area contributed by atoms with E-state index in [1.54, 1.807) is 14.2 Å². The van der Waals surface area contributed by atoms with Gasteiger partial charge in [0.1, 0.15) is 0 Å². The molecule has 0 spiro atoms. The second-order valence-electron chi connectivity index (χ2n) is 5.94. The molecule has 2 rings (SSSR count). The summed E-state index contributed by atoms with van der Waals surface area (Å²) in [5.74, 6) is 1.43. The molecule has 5 heteroatoms. The van der Waals surface area contributed by atoms with Crippen molar-refractivity contribution in [2.45, 2.75) is 32.9 Å². The quantitative estimate of drug-likeness (QED) is 0.888. The molecule has 0 aliphatic heterocycles. The van der Waals surface area contributed by atoms with E-state index in [0.29, 0.717) is 5.75 Å². The highest BCUT2D eigenvalue weighted by molar-refractivity contribution is 5.66. The fraction of sp³-hybridized carbons (Fsp3) is 0.438. The highest BCUT2D eigenvalue weighted by Crippen LogP contribution is 2.32. The Morgan fingerprint density at radius 2 is 1.86 bits per heavy atom. The third kappa shape index (κ3) is 3.76. The second-order valence-corrected chi connectivity index (χ2v) is 5.94. The largest absolute Gasteiger partial charge is 0.493 e. The van der Waals surface area contributed by atoms with E-state index in [9.17, 15) is 0 Å². The van der Waals surface area contributed by atoms with Crippen LogP contribution in [0.1, 0.15) is 26.3 Å². The van der Waals surface area contributed by atoms with Crippen molar-refractivity contribution < 1.29 is 9.47 Å². The molecule has 0 bridgehead atoms. The van der Waals surface area contributed by atoms with Crippen LogP contribution in [-0.2, 0) is 6.54 Å². The monoisotopic (exact) mass is 289 g/mol. The molecular formula is C16H23N3O2. The van der Waals surface area contributed by atoms with E-state index in [2.05, 4.69) is 36.3 Å². The summed E-state index contributed by atoms with van der Waals surface area (Å²) < 4.78 is 10.6. The molecule has 0 radical (unpaired) electrons. The summed E-state index contributed by atoms with van der Waals surface area (Å²) in [4.78, 5) is 0. The number of hydrogen-bond acceptors (Lipinski definition) is 4. The molecule has 5 nitrogen and oxygen atoms in total. The Hall–Kier alpha value is -2.01. The maximum absolute atomic E-state index is 5.35. The molecule has 0 saturated carbocycles. The van der Waals surface area contributed by atoms with Gasteiger partial charge in [0.25, 0.3) is 0 Å². The molecule has 1 aromatic carbocycles. The summed E-state index contributed by atoms with van der Waals surface area (Å²) >= 11 is 0. The number of aromatic nitrogens is 2. The van der Waals surface area contributed by atoms with Crippen LogP contribution in [0.5, 0.6) is 11.5 Å². The summed E-state index contributed by atoms with van der Waals surface area (Å²) in [7, 11) is 3.27. The average molecular weight is 289 g/mol. The first-order valence-corrected chi connectivity index (χ1v) is 6.94. The zero-order valence-corrected chi connectivity index (χ0v) is 13.3. The predicted octanol–water partition coefficient (Wildman–Crippen LogP) is 2.98. The first-order valence-electron chi connectivity index (χ1n) is 6.94. The normalized spacial score (nSPS) is 11.5. The lowest BCUT2D eigenvalue weighted by atomic mass is 10.1. The Balaban J connectivity index is 2.28. The lowest BCUT2D eigenvalue weighted by molar-refractivity contribution is 0.355. The molecule has 0 atom stereocenters. The van der Waals surface area contributed by atoms with Crippen LogP contribution in [0.3, 0.4) is 0 Å². The SMILES string of the molecule is COc1ccc(-c2[nH]ncc2CNC(C)(C)C)cc1OC. The fourth-order valence-corrected chi connectivity index (χ4v) is 2.05. The van der Waals surface area contributed by atoms with Gasteiger partial charge in [-0.25, -0.2) is 0 Å². The summed E-state index contributed by atoms with van der Waals surface area (Å²) in [5, 5.41) is 10.7. The molecule has 2 aromatic rings. The van der Waals surface area contributed by atoms with Crippen LogP contribution in [0, 0.1) is 0 Å². The van der Waals surface area contributed by atoms with Crippen molar-refractivity contribution >= 4 is 0 Å². The highest BCUT2D eigenvalue weighted by atomic mass is 16.5. The molecule has 0 fully saturated rings. The lowest BCUT2D eigenvalue weighted by Gasteiger charge is -2.20. The number of methoxy groups -OCH3 is 2. The Morgan fingerprint density at radius 1 is 1.14 bits per heavy atom. The van der Waals surface area contributed by atoms with Crippen molar-refractivity contribution in [2.24, 2.45) is 0 Å². The minimum absolute atomic E-state index is 0.0616. The number of nitrogens with one attached hydrogen (secondary N) is 2. The summed E-state index contributed by atoms with van der Waals surface area (Å²) in [6, 6.07) is 5.85. The van der Waals surface area contributed by atoms with Crippen molar-refractivity contribution in [1.82, 2.24) is 15.5 Å². The number of H-pyrrole nitrogens is 1. The Bertz CT molecular complexity index is 600. The van der Waals surface area contributed by atoms with E-state index < -0.39 is 0 Å². The predicted molar refractivity (Wildman–Crippen MR) is 83.7 cm³/mol. The highest BCUT2D eigenvalue weighted by Gasteiger charge is 2.14. The van der Waals surface area contributed by atoms with E-state index in [1.165, 1.54) is 0 Å². The van der Waals surface area contributed by atoms with Gasteiger partial charge < -0.3 is 14.8 Å². The minimum Gasteiger partial charge on any atom is -0.493 e. The molecule has 0 amide bonds. The number of aromatic amines is 1. The molecule has 0 aliphatic carbocycles. The number of benzene rings is 1. The molecule has 21 heavy (non-hydrogen) atoms. The molecule has 0 saturated heterocycles. The van der Waals surface area contributed by atoms with Crippen LogP contribution in [-0.4, -0.2) is 30.0 Å². The van der Waals surface area contributed by atoms with Gasteiger partial charge in [0.2, 0.25) is 0 Å². The van der Waals surface area contributed by atoms with E-state index in [1.807, 2.05) is 24.4 Å². The standard InChI is InChI=1S/C16H23N3O2/c1-16(2,3)17-9-12-10-18-19-15(12)11-6-7-13(20-4)14(8-11)21-5/h6-8,10,17H,9H2,1-5H3,(H,18,19). The first-order chi connectivity index (χ1) is 9.94. The van der Waals surface area contributed by atoms with Crippen molar-refractivity contribution in [3.8, 4) is 22.8 Å². The Kier molecular flexibility index (Phi) is 4.53. The van der Waals surface area contributed by atoms with Crippen molar-refractivity contribution in [1.29, 1.82) is 0 Å². The maximum atomic E-state index is 5.35. The fourth-order valence-electron chi connectivity index (χ4n) is 2.05. The van der Waals surface area contributed by atoms with Crippen LogP contribution in [0.4, 0.5) is 0 Å². The van der Waals surface area contributed by atoms with Gasteiger partial charge in [-0.3, -0.25) is 5.10 Å². The van der Waals surface area contributed by atoms with Crippen molar-refractivity contribution in [3.63, 3.8) is 0 Å². The van der Waals surface area contributed by atoms with E-state index in [-0.39, 0.29) is 5.54 Å². The van der Waals surface area contributed by atoms with Crippen LogP contribution in [0.25, 0.3) is 11.3 Å². The number of ether oxygens (including phenoxy) is 2. The molecule has 1 aromatic heterocycles. The molecular weight excluding hydrogens is 266 g/mol. The molecule has 0 unspecified atom stereocenters. The average Bonchev–Trinajstić information content (AvgIpc) is 2.92. The molecule has 114 valence electrons. The van der Waals surface area contributed by atoms with Gasteiger partial charge in [0.05, 0.1) is 26.1 Å².